The number of hydrogen-bond acceptors (Lipinski definition) is 6. The topological polar surface area (TPSA) is 68.2 Å². The van der Waals surface area contributed by atoms with Crippen LogP contribution < -0.4 is 9.64 Å². The van der Waals surface area contributed by atoms with Crippen LogP contribution in [0.3, 0.4) is 0 Å². The summed E-state index contributed by atoms with van der Waals surface area (Å²) in [5.41, 5.74) is 0.533. The van der Waals surface area contributed by atoms with Crippen LogP contribution in [0.4, 0.5) is 10.2 Å². The Balaban J connectivity index is 1.56. The molecule has 0 bridgehead atoms. The van der Waals surface area contributed by atoms with Crippen molar-refractivity contribution in [1.82, 2.24) is 15.2 Å². The van der Waals surface area contributed by atoms with Crippen molar-refractivity contribution in [3.8, 4) is 11.6 Å². The van der Waals surface area contributed by atoms with Gasteiger partial charge < -0.3 is 9.64 Å². The van der Waals surface area contributed by atoms with Crippen LogP contribution >= 0.6 is 0 Å². The van der Waals surface area contributed by atoms with Crippen molar-refractivity contribution < 1.29 is 13.9 Å². The van der Waals surface area contributed by atoms with Gasteiger partial charge in [-0.15, -0.1) is 10.2 Å². The molecule has 124 valence electrons. The van der Waals surface area contributed by atoms with Gasteiger partial charge in [-0.05, 0) is 37.0 Å². The van der Waals surface area contributed by atoms with Crippen LogP contribution in [0.15, 0.2) is 24.5 Å². The molecule has 1 aromatic carbocycles. The van der Waals surface area contributed by atoms with Crippen molar-refractivity contribution in [2.45, 2.75) is 19.8 Å². The van der Waals surface area contributed by atoms with E-state index >= 15 is 0 Å². The van der Waals surface area contributed by atoms with Crippen LogP contribution in [0, 0.1) is 17.2 Å². The maximum Gasteiger partial charge on any atom is 0.282 e. The zero-order chi connectivity index (χ0) is 16.7. The van der Waals surface area contributed by atoms with Crippen LogP contribution in [-0.2, 0) is 0 Å². The van der Waals surface area contributed by atoms with Crippen molar-refractivity contribution in [2.24, 2.45) is 11.3 Å². The number of nitrogens with zero attached hydrogens (tertiary/aromatic N) is 4. The third kappa shape index (κ3) is 2.50. The first-order valence-electron chi connectivity index (χ1n) is 7.94. The van der Waals surface area contributed by atoms with Crippen molar-refractivity contribution in [2.75, 3.05) is 18.0 Å². The molecule has 1 spiro atoms. The van der Waals surface area contributed by atoms with E-state index in [4.69, 9.17) is 4.74 Å². The number of hydrogen-bond donors (Lipinski definition) is 0. The van der Waals surface area contributed by atoms with Crippen molar-refractivity contribution in [3.05, 3.63) is 35.9 Å². The number of benzene rings is 1. The second kappa shape index (κ2) is 5.51. The summed E-state index contributed by atoms with van der Waals surface area (Å²) in [5, 5.41) is 7.76. The zero-order valence-electron chi connectivity index (χ0n) is 13.3. The molecular formula is C17H17FN4O2. The van der Waals surface area contributed by atoms with Crippen molar-refractivity contribution in [1.29, 1.82) is 0 Å². The summed E-state index contributed by atoms with van der Waals surface area (Å²) in [4.78, 5) is 17.5. The number of carbonyl (C=O) groups excluding carboxylic acids is 1. The first kappa shape index (κ1) is 15.0. The Kier molecular flexibility index (Phi) is 3.44. The maximum atomic E-state index is 13.2. The van der Waals surface area contributed by atoms with Gasteiger partial charge in [0, 0.05) is 18.5 Å². The molecule has 2 fully saturated rings. The van der Waals surface area contributed by atoms with Gasteiger partial charge in [0.15, 0.2) is 12.1 Å². The molecule has 0 atom stereocenters. The van der Waals surface area contributed by atoms with Crippen molar-refractivity contribution in [3.63, 3.8) is 0 Å². The molecule has 1 aliphatic carbocycles. The Hall–Kier alpha value is -2.57. The Labute approximate surface area is 138 Å². The predicted octanol–water partition coefficient (Wildman–Crippen LogP) is 2.85. The second-order valence-corrected chi connectivity index (χ2v) is 6.86. The molecule has 24 heavy (non-hydrogen) atoms. The monoisotopic (exact) mass is 328 g/mol. The average Bonchev–Trinajstić information content (AvgIpc) is 2.52. The van der Waals surface area contributed by atoms with E-state index in [9.17, 15) is 9.18 Å². The molecule has 0 N–H and O–H groups in total. The lowest BCUT2D eigenvalue weighted by Gasteiger charge is -2.58. The molecule has 2 aromatic rings. The molecule has 1 saturated heterocycles. The van der Waals surface area contributed by atoms with E-state index in [1.165, 1.54) is 31.3 Å². The summed E-state index contributed by atoms with van der Waals surface area (Å²) in [6.45, 7) is 4.12. The lowest BCUT2D eigenvalue weighted by atomic mass is 9.58. The highest BCUT2D eigenvalue weighted by atomic mass is 19.1. The lowest BCUT2D eigenvalue weighted by molar-refractivity contribution is 0.0328. The van der Waals surface area contributed by atoms with Gasteiger partial charge in [-0.2, -0.15) is 0 Å². The minimum atomic E-state index is -0.495. The molecule has 0 unspecified atom stereocenters. The number of rotatable bonds is 4. The van der Waals surface area contributed by atoms with Gasteiger partial charge in [0.25, 0.3) is 5.88 Å². The number of ether oxygens (including phenoxy) is 1. The van der Waals surface area contributed by atoms with E-state index in [1.807, 2.05) is 0 Å². The van der Waals surface area contributed by atoms with Crippen LogP contribution in [0.1, 0.15) is 30.1 Å². The van der Waals surface area contributed by atoms with E-state index in [0.29, 0.717) is 17.5 Å². The molecule has 2 heterocycles. The molecular weight excluding hydrogens is 311 g/mol. The van der Waals surface area contributed by atoms with Crippen LogP contribution in [0.5, 0.6) is 11.6 Å². The first-order chi connectivity index (χ1) is 11.6. The third-order valence-electron chi connectivity index (χ3n) is 4.79. The summed E-state index contributed by atoms with van der Waals surface area (Å²) >= 11 is 0. The summed E-state index contributed by atoms with van der Waals surface area (Å²) < 4.78 is 19.0. The quantitative estimate of drug-likeness (QED) is 0.804. The van der Waals surface area contributed by atoms with E-state index in [1.54, 1.807) is 0 Å². The third-order valence-corrected chi connectivity index (χ3v) is 4.79. The van der Waals surface area contributed by atoms with E-state index < -0.39 is 5.82 Å². The molecule has 6 nitrogen and oxygen atoms in total. The molecule has 1 saturated carbocycles. The van der Waals surface area contributed by atoms with Crippen LogP contribution in [-0.4, -0.2) is 34.6 Å². The van der Waals surface area contributed by atoms with Crippen LogP contribution in [0.25, 0.3) is 0 Å². The summed E-state index contributed by atoms with van der Waals surface area (Å²) in [5.74, 6) is 1.37. The number of aldehydes is 1. The van der Waals surface area contributed by atoms with Gasteiger partial charge in [-0.25, -0.2) is 9.37 Å². The Morgan fingerprint density at radius 3 is 2.88 bits per heavy atom. The fraction of sp³-hybridized carbons (Fsp3) is 0.412. The first-order valence-corrected chi connectivity index (χ1v) is 7.94. The standard InChI is InChI=1S/C17H17FN4O2/c1-11-5-17(6-11)8-22(9-17)15-16(21-20-10-19-15)24-14-3-2-13(18)4-12(14)7-23/h2-4,7,10-11H,5-6,8-9H2,1H3. The van der Waals surface area contributed by atoms with Gasteiger partial charge in [-0.3, -0.25) is 4.79 Å². The highest BCUT2D eigenvalue weighted by molar-refractivity contribution is 5.79. The lowest BCUT2D eigenvalue weighted by Crippen LogP contribution is -2.62. The van der Waals surface area contributed by atoms with Gasteiger partial charge in [-0.1, -0.05) is 6.92 Å². The second-order valence-electron chi connectivity index (χ2n) is 6.86. The predicted molar refractivity (Wildman–Crippen MR) is 84.7 cm³/mol. The SMILES string of the molecule is CC1CC2(C1)CN(c1ncnnc1Oc1ccc(F)cc1C=O)C2. The number of carbonyl (C=O) groups is 1. The molecule has 0 amide bonds. The highest BCUT2D eigenvalue weighted by Crippen LogP contribution is 2.53. The maximum absolute atomic E-state index is 13.2. The van der Waals surface area contributed by atoms with E-state index in [-0.39, 0.29) is 17.2 Å². The van der Waals surface area contributed by atoms with E-state index in [0.717, 1.165) is 25.1 Å². The average molecular weight is 328 g/mol. The van der Waals surface area contributed by atoms with Gasteiger partial charge in [0.1, 0.15) is 17.9 Å². The summed E-state index contributed by atoms with van der Waals surface area (Å²) in [7, 11) is 0. The molecule has 7 heteroatoms. The largest absolute Gasteiger partial charge is 0.434 e. The van der Waals surface area contributed by atoms with Gasteiger partial charge in [0.05, 0.1) is 5.56 Å². The fourth-order valence-corrected chi connectivity index (χ4v) is 3.94. The summed E-state index contributed by atoms with van der Waals surface area (Å²) in [6, 6.07) is 3.77. The summed E-state index contributed by atoms with van der Waals surface area (Å²) in [6.07, 6.45) is 4.41. The molecule has 4 rings (SSSR count). The van der Waals surface area contributed by atoms with E-state index in [2.05, 4.69) is 27.0 Å². The minimum Gasteiger partial charge on any atom is -0.434 e. The molecule has 2 aliphatic rings. The molecule has 1 aromatic heterocycles. The fourth-order valence-electron chi connectivity index (χ4n) is 3.94. The normalized spacial score (nSPS) is 18.8. The highest BCUT2D eigenvalue weighted by Gasteiger charge is 2.51. The van der Waals surface area contributed by atoms with Gasteiger partial charge >= 0.3 is 0 Å². The number of halogens is 1. The van der Waals surface area contributed by atoms with Gasteiger partial charge in [0.2, 0.25) is 0 Å². The Morgan fingerprint density at radius 2 is 2.17 bits per heavy atom. The molecule has 1 aliphatic heterocycles. The number of anilines is 1. The Bertz CT molecular complexity index is 784. The Morgan fingerprint density at radius 1 is 1.38 bits per heavy atom. The van der Waals surface area contributed by atoms with Crippen molar-refractivity contribution >= 4 is 12.1 Å². The van der Waals surface area contributed by atoms with Crippen LogP contribution in [0.2, 0.25) is 0 Å². The number of aromatic nitrogens is 3. The molecule has 0 radical (unpaired) electrons. The minimum absolute atomic E-state index is 0.125. The smallest absolute Gasteiger partial charge is 0.282 e. The zero-order valence-corrected chi connectivity index (χ0v) is 13.3.